The summed E-state index contributed by atoms with van der Waals surface area (Å²) >= 11 is 0. The van der Waals surface area contributed by atoms with Gasteiger partial charge in [-0.2, -0.15) is 0 Å². The summed E-state index contributed by atoms with van der Waals surface area (Å²) in [6.07, 6.45) is 6.42. The molecule has 0 radical (unpaired) electrons. The van der Waals surface area contributed by atoms with Crippen LogP contribution >= 0.6 is 0 Å². The van der Waals surface area contributed by atoms with E-state index in [0.717, 1.165) is 53.0 Å². The van der Waals surface area contributed by atoms with Gasteiger partial charge in [0.15, 0.2) is 0 Å². The van der Waals surface area contributed by atoms with Crippen molar-refractivity contribution in [2.24, 2.45) is 5.73 Å². The number of nitrogens with one attached hydrogen (secondary N) is 1. The van der Waals surface area contributed by atoms with E-state index in [4.69, 9.17) is 14.6 Å². The molecule has 0 saturated carbocycles. The molecule has 4 aliphatic heterocycles. The molecule has 4 aromatic heterocycles. The van der Waals surface area contributed by atoms with E-state index in [1.807, 2.05) is 36.7 Å². The molecule has 0 unspecified atom stereocenters. The first-order chi connectivity index (χ1) is 43.3. The lowest BCUT2D eigenvalue weighted by molar-refractivity contribution is -0.131. The van der Waals surface area contributed by atoms with Gasteiger partial charge in [0.05, 0.1) is 6.54 Å². The minimum Gasteiger partial charge on any atom is -0.460 e. The SMILES string of the molecule is NCc1cc2cc(-c3ccc(C(=O)N4CCC(F)(F)CC4)cc3)cc(-c3ccc(F)cc3F)c2o1.O=C(CCc1cc2cc(-c3ccc(C(=O)N4CCC(F)(F)CC4)cc3)cc(-c3ccc(F)cc3F)c2o1)N1Cc2ccncc2C1.c1cc2c(cn1)CNC2. The highest BCUT2D eigenvalue weighted by molar-refractivity contribution is 6.00. The number of piperidine rings is 2. The summed E-state index contributed by atoms with van der Waals surface area (Å²) in [5.41, 5.74) is 16.3. The van der Waals surface area contributed by atoms with Gasteiger partial charge in [0.2, 0.25) is 5.91 Å². The lowest BCUT2D eigenvalue weighted by atomic mass is 9.95. The quantitative estimate of drug-likeness (QED) is 0.128. The molecule has 4 aliphatic rings. The van der Waals surface area contributed by atoms with Crippen molar-refractivity contribution in [2.75, 3.05) is 26.2 Å². The number of fused-ring (bicyclic) bond motifs is 4. The van der Waals surface area contributed by atoms with Crippen molar-refractivity contribution in [3.8, 4) is 44.5 Å². The van der Waals surface area contributed by atoms with Crippen molar-refractivity contribution in [3.63, 3.8) is 0 Å². The lowest BCUT2D eigenvalue weighted by Crippen LogP contribution is -2.42. The van der Waals surface area contributed by atoms with E-state index in [-0.39, 0.29) is 93.7 Å². The highest BCUT2D eigenvalue weighted by Crippen LogP contribution is 2.40. The van der Waals surface area contributed by atoms with Gasteiger partial charge in [0.1, 0.15) is 46.0 Å². The summed E-state index contributed by atoms with van der Waals surface area (Å²) in [5, 5.41) is 4.63. The third kappa shape index (κ3) is 13.4. The number of benzene rings is 6. The van der Waals surface area contributed by atoms with Crippen molar-refractivity contribution >= 4 is 39.7 Å². The molecule has 12 nitrogen and oxygen atoms in total. The van der Waals surface area contributed by atoms with Gasteiger partial charge in [-0.15, -0.1) is 0 Å². The number of rotatable bonds is 10. The first kappa shape index (κ1) is 60.7. The third-order valence-corrected chi connectivity index (χ3v) is 16.8. The zero-order chi connectivity index (χ0) is 62.8. The fraction of sp³-hybridized carbons (Fsp3) is 0.243. The van der Waals surface area contributed by atoms with E-state index in [1.165, 1.54) is 45.2 Å². The normalized spacial score (nSPS) is 15.6. The molecule has 2 saturated heterocycles. The number of nitrogens with two attached hydrogens (primary N) is 1. The lowest BCUT2D eigenvalue weighted by Gasteiger charge is -2.31. The van der Waals surface area contributed by atoms with E-state index in [9.17, 15) is 45.1 Å². The van der Waals surface area contributed by atoms with Crippen LogP contribution in [0.3, 0.4) is 0 Å². The zero-order valence-electron chi connectivity index (χ0n) is 48.5. The number of carbonyl (C=O) groups excluding carboxylic acids is 3. The maximum atomic E-state index is 15.1. The number of hydrogen-bond donors (Lipinski definition) is 2. The topological polar surface area (TPSA) is 151 Å². The van der Waals surface area contributed by atoms with E-state index in [0.29, 0.717) is 80.8 Å². The van der Waals surface area contributed by atoms with Gasteiger partial charge in [-0.25, -0.2) is 35.1 Å². The second-order valence-corrected chi connectivity index (χ2v) is 22.9. The molecule has 0 spiro atoms. The van der Waals surface area contributed by atoms with Crippen LogP contribution in [-0.4, -0.2) is 80.4 Å². The predicted molar refractivity (Wildman–Crippen MR) is 324 cm³/mol. The first-order valence-corrected chi connectivity index (χ1v) is 29.5. The molecule has 10 aromatic rings. The number of hydrogen-bond acceptors (Lipinski definition) is 9. The number of aryl methyl sites for hydroxylation is 1. The summed E-state index contributed by atoms with van der Waals surface area (Å²) in [7, 11) is 0. The second-order valence-electron chi connectivity index (χ2n) is 22.9. The minimum atomic E-state index is -2.75. The van der Waals surface area contributed by atoms with Crippen LogP contribution in [0.4, 0.5) is 35.1 Å². The zero-order valence-corrected chi connectivity index (χ0v) is 48.5. The fourth-order valence-corrected chi connectivity index (χ4v) is 11.7. The Morgan fingerprint density at radius 2 is 0.944 bits per heavy atom. The average Bonchev–Trinajstić information content (AvgIpc) is 1.95. The Bertz CT molecular complexity index is 4280. The van der Waals surface area contributed by atoms with Gasteiger partial charge < -0.3 is 34.6 Å². The second kappa shape index (κ2) is 25.5. The molecular formula is C70H59F8N7O5. The van der Waals surface area contributed by atoms with Crippen molar-refractivity contribution in [1.29, 1.82) is 0 Å². The summed E-state index contributed by atoms with van der Waals surface area (Å²) < 4.78 is 123. The molecule has 0 atom stereocenters. The molecule has 14 rings (SSSR count). The van der Waals surface area contributed by atoms with Gasteiger partial charge in [0.25, 0.3) is 23.7 Å². The standard InChI is InChI=1S/C36H29F4N3O3.C27H22F4N2O2.C7H8N2/c37-28-5-7-30(32(38)18-28)31-17-25(22-1-3-23(4-2-22)35(45)42-13-10-36(39,40)11-14-42)15-26-16-29(46-34(26)31)6-8-33(44)43-20-24-9-12-41-19-27(24)21-43;28-20-5-6-22(24(29)14-20)23-13-18(11-19-12-21(15-32)35-25(19)23)16-1-3-17(4-2-16)26(34)33-9-7-27(30,31)8-10-33;1-2-8-4-7-5-9-3-6(1)7/h1-5,7,9,12,15-19H,6,8,10-11,13-14,20-21H2;1-6,11-14H,7-10,15,32H2;1-2,4,9H,3,5H2. The van der Waals surface area contributed by atoms with E-state index in [1.54, 1.807) is 84.0 Å². The van der Waals surface area contributed by atoms with Crippen LogP contribution in [0.1, 0.15) is 86.6 Å². The summed E-state index contributed by atoms with van der Waals surface area (Å²) in [5.74, 6) is -7.87. The summed E-state index contributed by atoms with van der Waals surface area (Å²) in [4.78, 5) is 51.6. The van der Waals surface area contributed by atoms with Crippen molar-refractivity contribution in [1.82, 2.24) is 30.0 Å². The monoisotopic (exact) mass is 1230 g/mol. The van der Waals surface area contributed by atoms with Crippen LogP contribution in [0.2, 0.25) is 0 Å². The maximum absolute atomic E-state index is 15.1. The van der Waals surface area contributed by atoms with Crippen molar-refractivity contribution in [3.05, 3.63) is 226 Å². The predicted octanol–water partition coefficient (Wildman–Crippen LogP) is 14.8. The van der Waals surface area contributed by atoms with Crippen LogP contribution in [0.5, 0.6) is 0 Å². The highest BCUT2D eigenvalue weighted by atomic mass is 19.3. The minimum absolute atomic E-state index is 0.00553. The average molecular weight is 1230 g/mol. The Labute approximate surface area is 511 Å². The van der Waals surface area contributed by atoms with Gasteiger partial charge in [-0.1, -0.05) is 24.3 Å². The Kier molecular flexibility index (Phi) is 17.2. The van der Waals surface area contributed by atoms with Crippen LogP contribution in [0, 0.1) is 23.3 Å². The molecular weight excluding hydrogens is 1170 g/mol. The molecule has 0 bridgehead atoms. The van der Waals surface area contributed by atoms with Crippen molar-refractivity contribution < 1.29 is 58.3 Å². The van der Waals surface area contributed by atoms with Crippen LogP contribution in [0.25, 0.3) is 66.4 Å². The molecule has 0 aliphatic carbocycles. The number of carbonyl (C=O) groups is 3. The molecule has 3 N–H and O–H groups in total. The Balaban J connectivity index is 0.000000157. The third-order valence-electron chi connectivity index (χ3n) is 16.8. The van der Waals surface area contributed by atoms with Crippen LogP contribution in [-0.2, 0) is 43.9 Å². The molecule has 90 heavy (non-hydrogen) atoms. The Morgan fingerprint density at radius 3 is 1.42 bits per heavy atom. The number of furan rings is 2. The highest BCUT2D eigenvalue weighted by Gasteiger charge is 2.37. The van der Waals surface area contributed by atoms with E-state index in [2.05, 4.69) is 21.4 Å². The van der Waals surface area contributed by atoms with Crippen LogP contribution in [0.15, 0.2) is 167 Å². The van der Waals surface area contributed by atoms with E-state index < -0.39 is 35.1 Å². The number of alkyl halides is 4. The molecule has 3 amide bonds. The van der Waals surface area contributed by atoms with Gasteiger partial charge in [0, 0.05) is 172 Å². The smallest absolute Gasteiger partial charge is 0.253 e. The summed E-state index contributed by atoms with van der Waals surface area (Å²) in [6.45, 7) is 3.23. The number of amides is 3. The molecule has 6 aromatic carbocycles. The van der Waals surface area contributed by atoms with Crippen molar-refractivity contribution in [2.45, 2.75) is 83.1 Å². The molecule has 460 valence electrons. The molecule has 8 heterocycles. The number of halogens is 8. The number of nitrogens with zero attached hydrogens (tertiary/aromatic N) is 5. The largest absolute Gasteiger partial charge is 0.460 e. The Morgan fingerprint density at radius 1 is 0.489 bits per heavy atom. The number of likely N-dealkylation sites (tertiary alicyclic amines) is 2. The number of pyridine rings is 2. The van der Waals surface area contributed by atoms with Gasteiger partial charge in [-0.05, 0) is 142 Å². The number of aromatic nitrogens is 2. The van der Waals surface area contributed by atoms with E-state index >= 15 is 4.39 Å². The van der Waals surface area contributed by atoms with Crippen LogP contribution < -0.4 is 11.1 Å². The first-order valence-electron chi connectivity index (χ1n) is 29.5. The molecule has 2 fully saturated rings. The van der Waals surface area contributed by atoms with Gasteiger partial charge >= 0.3 is 0 Å². The molecule has 20 heteroatoms. The fourth-order valence-electron chi connectivity index (χ4n) is 11.7. The van der Waals surface area contributed by atoms with Gasteiger partial charge in [-0.3, -0.25) is 24.4 Å². The Hall–Kier alpha value is -9.53. The maximum Gasteiger partial charge on any atom is 0.253 e. The summed E-state index contributed by atoms with van der Waals surface area (Å²) in [6, 6.07) is 35.1.